The predicted octanol–water partition coefficient (Wildman–Crippen LogP) is 2.44. The molecule has 0 bridgehead atoms. The second-order valence-corrected chi connectivity index (χ2v) is 5.77. The number of hydrazine groups is 1. The number of amides is 1. The molecule has 0 heterocycles. The summed E-state index contributed by atoms with van der Waals surface area (Å²) in [5, 5.41) is 0. The van der Waals surface area contributed by atoms with Gasteiger partial charge in [0, 0.05) is 6.42 Å². The molecule has 19 heavy (non-hydrogen) atoms. The summed E-state index contributed by atoms with van der Waals surface area (Å²) in [5.74, 6) is 5.75. The standard InChI is InChI=1S/C15H24N2O2/c1-11-7-8-13(12(10-11)15(2,3)4)19-9-5-6-14(18)17-16/h7-8,10H,5-6,9,16H2,1-4H3,(H,17,18). The molecule has 4 heteroatoms. The van der Waals surface area contributed by atoms with Crippen molar-refractivity contribution in [3.8, 4) is 5.75 Å². The number of hydrogen-bond donors (Lipinski definition) is 2. The molecule has 0 saturated heterocycles. The lowest BCUT2D eigenvalue weighted by Crippen LogP contribution is -2.30. The Hall–Kier alpha value is -1.55. The van der Waals surface area contributed by atoms with Crippen LogP contribution >= 0.6 is 0 Å². The van der Waals surface area contributed by atoms with Gasteiger partial charge >= 0.3 is 0 Å². The highest BCUT2D eigenvalue weighted by molar-refractivity contribution is 5.75. The first-order valence-electron chi connectivity index (χ1n) is 6.58. The van der Waals surface area contributed by atoms with Gasteiger partial charge in [0.15, 0.2) is 0 Å². The van der Waals surface area contributed by atoms with E-state index >= 15 is 0 Å². The highest BCUT2D eigenvalue weighted by Gasteiger charge is 2.19. The van der Waals surface area contributed by atoms with Gasteiger partial charge in [-0.2, -0.15) is 0 Å². The second kappa shape index (κ2) is 6.57. The fourth-order valence-corrected chi connectivity index (χ4v) is 1.84. The number of carbonyl (C=O) groups is 1. The number of nitrogens with one attached hydrogen (secondary N) is 1. The van der Waals surface area contributed by atoms with Crippen molar-refractivity contribution in [2.24, 2.45) is 5.84 Å². The average Bonchev–Trinajstić information content (AvgIpc) is 2.34. The topological polar surface area (TPSA) is 64.3 Å². The smallest absolute Gasteiger partial charge is 0.234 e. The van der Waals surface area contributed by atoms with Gasteiger partial charge in [0.25, 0.3) is 0 Å². The van der Waals surface area contributed by atoms with E-state index in [2.05, 4.69) is 39.2 Å². The third-order valence-corrected chi connectivity index (χ3v) is 2.91. The van der Waals surface area contributed by atoms with Crippen molar-refractivity contribution < 1.29 is 9.53 Å². The Morgan fingerprint density at radius 2 is 2.05 bits per heavy atom. The number of nitrogens with two attached hydrogens (primary N) is 1. The van der Waals surface area contributed by atoms with Crippen molar-refractivity contribution in [3.05, 3.63) is 29.3 Å². The Labute approximate surface area is 115 Å². The molecule has 3 N–H and O–H groups in total. The number of benzene rings is 1. The lowest BCUT2D eigenvalue weighted by atomic mass is 9.85. The fourth-order valence-electron chi connectivity index (χ4n) is 1.84. The van der Waals surface area contributed by atoms with E-state index in [-0.39, 0.29) is 11.3 Å². The van der Waals surface area contributed by atoms with Crippen molar-refractivity contribution in [1.29, 1.82) is 0 Å². The van der Waals surface area contributed by atoms with Gasteiger partial charge in [-0.3, -0.25) is 10.2 Å². The van der Waals surface area contributed by atoms with Crippen LogP contribution in [0.1, 0.15) is 44.7 Å². The summed E-state index contributed by atoms with van der Waals surface area (Å²) in [6.45, 7) is 9.08. The molecule has 0 aliphatic heterocycles. The van der Waals surface area contributed by atoms with Crippen LogP contribution < -0.4 is 16.0 Å². The highest BCUT2D eigenvalue weighted by atomic mass is 16.5. The maximum Gasteiger partial charge on any atom is 0.234 e. The van der Waals surface area contributed by atoms with Crippen molar-refractivity contribution in [2.75, 3.05) is 6.61 Å². The zero-order valence-corrected chi connectivity index (χ0v) is 12.2. The lowest BCUT2D eigenvalue weighted by molar-refractivity contribution is -0.121. The van der Waals surface area contributed by atoms with E-state index < -0.39 is 0 Å². The van der Waals surface area contributed by atoms with E-state index in [4.69, 9.17) is 10.6 Å². The maximum absolute atomic E-state index is 11.0. The maximum atomic E-state index is 11.0. The molecule has 0 unspecified atom stereocenters. The van der Waals surface area contributed by atoms with Gasteiger partial charge in [0.1, 0.15) is 5.75 Å². The molecule has 0 radical (unpaired) electrons. The summed E-state index contributed by atoms with van der Waals surface area (Å²) < 4.78 is 5.79. The van der Waals surface area contributed by atoms with Crippen molar-refractivity contribution in [1.82, 2.24) is 5.43 Å². The average molecular weight is 264 g/mol. The van der Waals surface area contributed by atoms with Gasteiger partial charge in [-0.05, 0) is 30.4 Å². The summed E-state index contributed by atoms with van der Waals surface area (Å²) in [5.41, 5.74) is 4.56. The van der Waals surface area contributed by atoms with E-state index in [9.17, 15) is 4.79 Å². The van der Waals surface area contributed by atoms with Crippen LogP contribution in [0.2, 0.25) is 0 Å². The molecule has 1 amide bonds. The molecule has 1 aromatic rings. The first-order chi connectivity index (χ1) is 8.84. The molecule has 0 spiro atoms. The minimum Gasteiger partial charge on any atom is -0.493 e. The molecule has 0 aliphatic carbocycles. The van der Waals surface area contributed by atoms with Crippen molar-refractivity contribution in [3.63, 3.8) is 0 Å². The van der Waals surface area contributed by atoms with Gasteiger partial charge < -0.3 is 4.74 Å². The minimum absolute atomic E-state index is 0.0377. The number of rotatable bonds is 5. The van der Waals surface area contributed by atoms with Crippen LogP contribution in [0.4, 0.5) is 0 Å². The summed E-state index contributed by atoms with van der Waals surface area (Å²) in [4.78, 5) is 11.0. The molecule has 1 rings (SSSR count). The Morgan fingerprint density at radius 3 is 2.63 bits per heavy atom. The molecule has 1 aromatic carbocycles. The molecule has 0 aliphatic rings. The molecule has 0 saturated carbocycles. The first-order valence-corrected chi connectivity index (χ1v) is 6.58. The first kappa shape index (κ1) is 15.5. The fraction of sp³-hybridized carbons (Fsp3) is 0.533. The van der Waals surface area contributed by atoms with Gasteiger partial charge in [-0.1, -0.05) is 38.5 Å². The van der Waals surface area contributed by atoms with Gasteiger partial charge in [0.2, 0.25) is 5.91 Å². The summed E-state index contributed by atoms with van der Waals surface area (Å²) in [6, 6.07) is 6.19. The quantitative estimate of drug-likeness (QED) is 0.371. The molecule has 0 atom stereocenters. The molecule has 4 nitrogen and oxygen atoms in total. The van der Waals surface area contributed by atoms with Crippen LogP contribution in [-0.2, 0) is 10.2 Å². The van der Waals surface area contributed by atoms with Crippen LogP contribution in [0, 0.1) is 6.92 Å². The number of ether oxygens (including phenoxy) is 1. The number of carbonyl (C=O) groups excluding carboxylic acids is 1. The van der Waals surface area contributed by atoms with Crippen LogP contribution in [0.3, 0.4) is 0 Å². The largest absolute Gasteiger partial charge is 0.493 e. The Morgan fingerprint density at radius 1 is 1.37 bits per heavy atom. The molecular formula is C15H24N2O2. The van der Waals surface area contributed by atoms with E-state index in [1.165, 1.54) is 11.1 Å². The zero-order chi connectivity index (χ0) is 14.5. The highest BCUT2D eigenvalue weighted by Crippen LogP contribution is 2.32. The van der Waals surface area contributed by atoms with Crippen molar-refractivity contribution >= 4 is 5.91 Å². The normalized spacial score (nSPS) is 11.2. The summed E-state index contributed by atoms with van der Waals surface area (Å²) in [7, 11) is 0. The Kier molecular flexibility index (Phi) is 5.36. The van der Waals surface area contributed by atoms with Crippen LogP contribution in [0.15, 0.2) is 18.2 Å². The SMILES string of the molecule is Cc1ccc(OCCCC(=O)NN)c(C(C)(C)C)c1. The Bertz CT molecular complexity index is 436. The van der Waals surface area contributed by atoms with Crippen molar-refractivity contribution in [2.45, 2.75) is 46.0 Å². The van der Waals surface area contributed by atoms with E-state index in [0.717, 1.165) is 5.75 Å². The van der Waals surface area contributed by atoms with E-state index in [1.807, 2.05) is 12.1 Å². The third-order valence-electron chi connectivity index (χ3n) is 2.91. The summed E-state index contributed by atoms with van der Waals surface area (Å²) >= 11 is 0. The summed E-state index contributed by atoms with van der Waals surface area (Å²) in [6.07, 6.45) is 1.04. The van der Waals surface area contributed by atoms with Crippen LogP contribution in [0.5, 0.6) is 5.75 Å². The van der Waals surface area contributed by atoms with Gasteiger partial charge in [-0.25, -0.2) is 5.84 Å². The van der Waals surface area contributed by atoms with Gasteiger partial charge in [-0.15, -0.1) is 0 Å². The molecule has 0 aromatic heterocycles. The molecular weight excluding hydrogens is 240 g/mol. The Balaban J connectivity index is 2.66. The van der Waals surface area contributed by atoms with E-state index in [1.54, 1.807) is 0 Å². The predicted molar refractivity (Wildman–Crippen MR) is 76.9 cm³/mol. The third kappa shape index (κ3) is 4.91. The number of aryl methyl sites for hydroxylation is 1. The number of hydrogen-bond acceptors (Lipinski definition) is 3. The van der Waals surface area contributed by atoms with E-state index in [0.29, 0.717) is 19.4 Å². The van der Waals surface area contributed by atoms with Crippen LogP contribution in [0.25, 0.3) is 0 Å². The minimum atomic E-state index is -0.163. The monoisotopic (exact) mass is 264 g/mol. The zero-order valence-electron chi connectivity index (χ0n) is 12.2. The van der Waals surface area contributed by atoms with Crippen LogP contribution in [-0.4, -0.2) is 12.5 Å². The molecule has 106 valence electrons. The lowest BCUT2D eigenvalue weighted by Gasteiger charge is -2.23. The molecule has 0 fully saturated rings. The second-order valence-electron chi connectivity index (χ2n) is 5.77. The van der Waals surface area contributed by atoms with Gasteiger partial charge in [0.05, 0.1) is 6.61 Å².